The summed E-state index contributed by atoms with van der Waals surface area (Å²) in [4.78, 5) is 17.0. The molecular formula is C26H31N5OS. The Morgan fingerprint density at radius 1 is 1.09 bits per heavy atom. The normalized spacial score (nSPS) is 18.5. The summed E-state index contributed by atoms with van der Waals surface area (Å²) in [6, 6.07) is 11.9. The zero-order valence-corrected chi connectivity index (χ0v) is 20.6. The molecule has 172 valence electrons. The third kappa shape index (κ3) is 4.26. The molecule has 4 heterocycles. The highest BCUT2D eigenvalue weighted by atomic mass is 32.2. The summed E-state index contributed by atoms with van der Waals surface area (Å²) in [5.74, 6) is 3.70. The number of aromatic nitrogens is 4. The van der Waals surface area contributed by atoms with E-state index in [0.717, 1.165) is 52.0 Å². The standard InChI is InChI=1S/C26H31N5OS/c1-5-25-28-21(15-32-25)14-30-23-10-8-19(16-33-4)12-22(23)29-26(30)20-9-11-24(27-13-20)31-17(2)6-7-18(31)3/h8-13,15,17-18H,5-7,14,16H2,1-4H3/t17-,18-/m0/s1. The lowest BCUT2D eigenvalue weighted by molar-refractivity contribution is 0.501. The van der Waals surface area contributed by atoms with Crippen LogP contribution in [0.3, 0.4) is 0 Å². The van der Waals surface area contributed by atoms with Gasteiger partial charge in [0.25, 0.3) is 0 Å². The van der Waals surface area contributed by atoms with Crippen LogP contribution < -0.4 is 4.90 Å². The van der Waals surface area contributed by atoms with Gasteiger partial charge in [-0.2, -0.15) is 11.8 Å². The van der Waals surface area contributed by atoms with Gasteiger partial charge < -0.3 is 13.9 Å². The van der Waals surface area contributed by atoms with Crippen molar-refractivity contribution in [2.45, 2.75) is 64.4 Å². The van der Waals surface area contributed by atoms with E-state index in [-0.39, 0.29) is 0 Å². The first kappa shape index (κ1) is 22.0. The van der Waals surface area contributed by atoms with Crippen molar-refractivity contribution < 1.29 is 4.42 Å². The van der Waals surface area contributed by atoms with Crippen molar-refractivity contribution in [2.24, 2.45) is 0 Å². The van der Waals surface area contributed by atoms with E-state index in [1.165, 1.54) is 18.4 Å². The first-order valence-electron chi connectivity index (χ1n) is 11.7. The molecule has 0 saturated carbocycles. The Bertz CT molecular complexity index is 1240. The predicted octanol–water partition coefficient (Wildman–Crippen LogP) is 5.94. The molecule has 1 aliphatic rings. The Kier molecular flexibility index (Phi) is 6.15. The minimum atomic E-state index is 0.526. The van der Waals surface area contributed by atoms with Crippen LogP contribution in [0.25, 0.3) is 22.4 Å². The second kappa shape index (κ2) is 9.21. The average molecular weight is 462 g/mol. The number of aryl methyl sites for hydroxylation is 1. The van der Waals surface area contributed by atoms with Crippen molar-refractivity contribution in [2.75, 3.05) is 11.2 Å². The Hall–Kier alpha value is -2.80. The molecule has 2 atom stereocenters. The van der Waals surface area contributed by atoms with Gasteiger partial charge in [-0.15, -0.1) is 0 Å². The van der Waals surface area contributed by atoms with E-state index in [2.05, 4.69) is 71.8 Å². The monoisotopic (exact) mass is 461 g/mol. The fourth-order valence-corrected chi connectivity index (χ4v) is 5.39. The number of hydrogen-bond acceptors (Lipinski definition) is 6. The van der Waals surface area contributed by atoms with Crippen LogP contribution in [0.15, 0.2) is 47.2 Å². The Morgan fingerprint density at radius 3 is 2.58 bits per heavy atom. The molecule has 7 heteroatoms. The van der Waals surface area contributed by atoms with Crippen LogP contribution in [0, 0.1) is 0 Å². The van der Waals surface area contributed by atoms with Crippen LogP contribution >= 0.6 is 11.8 Å². The topological polar surface area (TPSA) is 60.0 Å². The van der Waals surface area contributed by atoms with E-state index >= 15 is 0 Å². The summed E-state index contributed by atoms with van der Waals surface area (Å²) in [6.07, 6.45) is 9.07. The molecule has 0 unspecified atom stereocenters. The Morgan fingerprint density at radius 2 is 1.91 bits per heavy atom. The quantitative estimate of drug-likeness (QED) is 0.340. The zero-order chi connectivity index (χ0) is 22.9. The number of pyridine rings is 1. The van der Waals surface area contributed by atoms with Gasteiger partial charge >= 0.3 is 0 Å². The molecule has 4 aromatic rings. The summed E-state index contributed by atoms with van der Waals surface area (Å²) < 4.78 is 7.83. The summed E-state index contributed by atoms with van der Waals surface area (Å²) >= 11 is 1.82. The molecule has 0 N–H and O–H groups in total. The maximum absolute atomic E-state index is 5.60. The predicted molar refractivity (Wildman–Crippen MR) is 136 cm³/mol. The van der Waals surface area contributed by atoms with Crippen molar-refractivity contribution in [3.05, 3.63) is 59.9 Å². The number of nitrogens with zero attached hydrogens (tertiary/aromatic N) is 5. The lowest BCUT2D eigenvalue weighted by atomic mass is 10.2. The molecule has 1 saturated heterocycles. The zero-order valence-electron chi connectivity index (χ0n) is 19.8. The first-order chi connectivity index (χ1) is 16.1. The first-order valence-corrected chi connectivity index (χ1v) is 13.1. The maximum Gasteiger partial charge on any atom is 0.193 e. The van der Waals surface area contributed by atoms with Crippen molar-refractivity contribution >= 4 is 28.6 Å². The number of hydrogen-bond donors (Lipinski definition) is 0. The van der Waals surface area contributed by atoms with E-state index in [1.54, 1.807) is 6.26 Å². The minimum Gasteiger partial charge on any atom is -0.449 e. The van der Waals surface area contributed by atoms with Gasteiger partial charge in [-0.25, -0.2) is 15.0 Å². The van der Waals surface area contributed by atoms with Crippen molar-refractivity contribution in [3.63, 3.8) is 0 Å². The number of rotatable bonds is 7. The second-order valence-electron chi connectivity index (χ2n) is 8.95. The van der Waals surface area contributed by atoms with Crippen LogP contribution in [-0.4, -0.2) is 37.9 Å². The van der Waals surface area contributed by atoms with Crippen LogP contribution in [0.4, 0.5) is 5.82 Å². The van der Waals surface area contributed by atoms with Gasteiger partial charge in [0.1, 0.15) is 17.9 Å². The van der Waals surface area contributed by atoms with Crippen molar-refractivity contribution in [1.82, 2.24) is 19.5 Å². The number of anilines is 1. The summed E-state index contributed by atoms with van der Waals surface area (Å²) in [5.41, 5.74) is 5.31. The van der Waals surface area contributed by atoms with Gasteiger partial charge in [0.05, 0.1) is 23.3 Å². The number of imidazole rings is 1. The smallest absolute Gasteiger partial charge is 0.193 e. The van der Waals surface area contributed by atoms with E-state index in [1.807, 2.05) is 18.0 Å². The lowest BCUT2D eigenvalue weighted by Gasteiger charge is -2.27. The molecule has 0 aliphatic carbocycles. The lowest BCUT2D eigenvalue weighted by Crippen LogP contribution is -2.33. The summed E-state index contributed by atoms with van der Waals surface area (Å²) in [6.45, 7) is 7.23. The highest BCUT2D eigenvalue weighted by Gasteiger charge is 2.28. The fraction of sp³-hybridized carbons (Fsp3) is 0.423. The van der Waals surface area contributed by atoms with Crippen LogP contribution in [0.5, 0.6) is 0 Å². The van der Waals surface area contributed by atoms with Gasteiger partial charge in [-0.05, 0) is 62.8 Å². The molecule has 0 spiro atoms. The maximum atomic E-state index is 5.60. The largest absolute Gasteiger partial charge is 0.449 e. The number of fused-ring (bicyclic) bond motifs is 1. The SMILES string of the molecule is CCc1nc(Cn2c(-c3ccc(N4[C@@H](C)CC[C@@H]4C)nc3)nc3cc(CSC)ccc32)co1. The van der Waals surface area contributed by atoms with Gasteiger partial charge in [-0.1, -0.05) is 13.0 Å². The van der Waals surface area contributed by atoms with Gasteiger partial charge in [0.15, 0.2) is 5.89 Å². The van der Waals surface area contributed by atoms with Crippen LogP contribution in [0.2, 0.25) is 0 Å². The molecule has 1 aliphatic heterocycles. The molecule has 1 fully saturated rings. The second-order valence-corrected chi connectivity index (χ2v) is 9.82. The van der Waals surface area contributed by atoms with E-state index in [4.69, 9.17) is 14.4 Å². The summed E-state index contributed by atoms with van der Waals surface area (Å²) in [7, 11) is 0. The van der Waals surface area contributed by atoms with Crippen LogP contribution in [-0.2, 0) is 18.7 Å². The molecule has 33 heavy (non-hydrogen) atoms. The van der Waals surface area contributed by atoms with E-state index in [0.29, 0.717) is 18.6 Å². The molecule has 5 rings (SSSR count). The molecule has 0 amide bonds. The number of benzene rings is 1. The van der Waals surface area contributed by atoms with Gasteiger partial charge in [0.2, 0.25) is 0 Å². The van der Waals surface area contributed by atoms with Crippen molar-refractivity contribution in [1.29, 1.82) is 0 Å². The average Bonchev–Trinajstić information content (AvgIpc) is 3.52. The van der Waals surface area contributed by atoms with Gasteiger partial charge in [0, 0.05) is 36.0 Å². The molecule has 1 aromatic carbocycles. The molecule has 3 aromatic heterocycles. The van der Waals surface area contributed by atoms with Crippen LogP contribution in [0.1, 0.15) is 50.8 Å². The molecule has 0 radical (unpaired) electrons. The summed E-state index contributed by atoms with van der Waals surface area (Å²) in [5, 5.41) is 0. The Labute approximate surface area is 199 Å². The number of oxazole rings is 1. The minimum absolute atomic E-state index is 0.526. The highest BCUT2D eigenvalue weighted by Crippen LogP contribution is 2.31. The van der Waals surface area contributed by atoms with E-state index < -0.39 is 0 Å². The third-order valence-electron chi connectivity index (χ3n) is 6.57. The third-order valence-corrected chi connectivity index (χ3v) is 7.19. The molecule has 0 bridgehead atoms. The van der Waals surface area contributed by atoms with Gasteiger partial charge in [-0.3, -0.25) is 0 Å². The van der Waals surface area contributed by atoms with E-state index in [9.17, 15) is 0 Å². The number of thioether (sulfide) groups is 1. The highest BCUT2D eigenvalue weighted by molar-refractivity contribution is 7.97. The molecular weight excluding hydrogens is 430 g/mol. The Balaban J connectivity index is 1.55. The van der Waals surface area contributed by atoms with Crippen molar-refractivity contribution in [3.8, 4) is 11.4 Å². The fourth-order valence-electron chi connectivity index (χ4n) is 4.88. The molecule has 6 nitrogen and oxygen atoms in total.